The summed E-state index contributed by atoms with van der Waals surface area (Å²) in [4.78, 5) is 2.47. The molecule has 122 valence electrons. The molecule has 1 unspecified atom stereocenters. The van der Waals surface area contributed by atoms with E-state index in [0.717, 1.165) is 30.0 Å². The average molecular weight is 311 g/mol. The van der Waals surface area contributed by atoms with Gasteiger partial charge < -0.3 is 9.84 Å². The van der Waals surface area contributed by atoms with Crippen LogP contribution in [0.25, 0.3) is 0 Å². The van der Waals surface area contributed by atoms with Gasteiger partial charge in [0.05, 0.1) is 0 Å². The van der Waals surface area contributed by atoms with Crippen molar-refractivity contribution in [3.05, 3.63) is 65.7 Å². The van der Waals surface area contributed by atoms with Crippen LogP contribution < -0.4 is 4.74 Å². The van der Waals surface area contributed by atoms with E-state index in [1.54, 1.807) is 0 Å². The summed E-state index contributed by atoms with van der Waals surface area (Å²) in [5.41, 5.74) is 1.80. The van der Waals surface area contributed by atoms with Crippen LogP contribution in [0.1, 0.15) is 36.5 Å². The van der Waals surface area contributed by atoms with Crippen molar-refractivity contribution in [2.75, 3.05) is 26.2 Å². The molecule has 0 spiro atoms. The Morgan fingerprint density at radius 1 is 0.870 bits per heavy atom. The lowest BCUT2D eigenvalue weighted by Gasteiger charge is -2.26. The third-order valence-electron chi connectivity index (χ3n) is 4.44. The van der Waals surface area contributed by atoms with Crippen LogP contribution in [0.15, 0.2) is 54.6 Å². The van der Waals surface area contributed by atoms with Crippen molar-refractivity contribution >= 4 is 0 Å². The predicted octanol–water partition coefficient (Wildman–Crippen LogP) is 3.63. The molecule has 23 heavy (non-hydrogen) atoms. The molecule has 0 saturated carbocycles. The topological polar surface area (TPSA) is 32.7 Å². The van der Waals surface area contributed by atoms with Gasteiger partial charge in [0, 0.05) is 6.54 Å². The van der Waals surface area contributed by atoms with Crippen LogP contribution in [0, 0.1) is 0 Å². The van der Waals surface area contributed by atoms with Crippen LogP contribution in [0.4, 0.5) is 0 Å². The molecule has 1 aliphatic rings. The second kappa shape index (κ2) is 8.14. The number of rotatable bonds is 6. The van der Waals surface area contributed by atoms with Gasteiger partial charge in [0.2, 0.25) is 0 Å². The standard InChI is InChI=1S/C20H25NO2/c22-20(17-7-3-1-4-8-17)18-9-11-19(12-10-18)23-16-15-21-13-5-2-6-14-21/h1,3-4,7-12,20,22H,2,5-6,13-16H2. The normalized spacial score (nSPS) is 16.9. The van der Waals surface area contributed by atoms with Crippen LogP contribution in [-0.2, 0) is 0 Å². The van der Waals surface area contributed by atoms with E-state index in [2.05, 4.69) is 4.90 Å². The first kappa shape index (κ1) is 16.0. The Hall–Kier alpha value is -1.84. The van der Waals surface area contributed by atoms with Crippen molar-refractivity contribution < 1.29 is 9.84 Å². The van der Waals surface area contributed by atoms with Crippen molar-refractivity contribution in [2.24, 2.45) is 0 Å². The molecule has 0 amide bonds. The molecule has 1 heterocycles. The zero-order valence-electron chi connectivity index (χ0n) is 13.5. The van der Waals surface area contributed by atoms with E-state index in [1.165, 1.54) is 32.4 Å². The molecule has 1 atom stereocenters. The summed E-state index contributed by atoms with van der Waals surface area (Å²) in [7, 11) is 0. The van der Waals surface area contributed by atoms with Gasteiger partial charge in [-0.3, -0.25) is 4.90 Å². The minimum absolute atomic E-state index is 0.585. The van der Waals surface area contributed by atoms with Gasteiger partial charge in [-0.25, -0.2) is 0 Å². The van der Waals surface area contributed by atoms with Gasteiger partial charge in [0.1, 0.15) is 18.5 Å². The summed E-state index contributed by atoms with van der Waals surface area (Å²) in [5.74, 6) is 0.867. The van der Waals surface area contributed by atoms with Gasteiger partial charge in [0.15, 0.2) is 0 Å². The molecular weight excluding hydrogens is 286 g/mol. The van der Waals surface area contributed by atoms with E-state index in [9.17, 15) is 5.11 Å². The maximum Gasteiger partial charge on any atom is 0.119 e. The third kappa shape index (κ3) is 4.57. The lowest BCUT2D eigenvalue weighted by molar-refractivity contribution is 0.183. The van der Waals surface area contributed by atoms with Crippen molar-refractivity contribution in [1.82, 2.24) is 4.90 Å². The number of hydrogen-bond acceptors (Lipinski definition) is 3. The quantitative estimate of drug-likeness (QED) is 0.884. The molecule has 2 aromatic carbocycles. The Bertz CT molecular complexity index is 576. The Morgan fingerprint density at radius 2 is 1.52 bits per heavy atom. The van der Waals surface area contributed by atoms with E-state index >= 15 is 0 Å². The highest BCUT2D eigenvalue weighted by molar-refractivity contribution is 5.33. The number of ether oxygens (including phenoxy) is 1. The van der Waals surface area contributed by atoms with Crippen molar-refractivity contribution in [1.29, 1.82) is 0 Å². The fraction of sp³-hybridized carbons (Fsp3) is 0.400. The number of aliphatic hydroxyl groups excluding tert-OH is 1. The fourth-order valence-corrected chi connectivity index (χ4v) is 3.05. The smallest absolute Gasteiger partial charge is 0.119 e. The van der Waals surface area contributed by atoms with Gasteiger partial charge in [-0.2, -0.15) is 0 Å². The highest BCUT2D eigenvalue weighted by atomic mass is 16.5. The minimum Gasteiger partial charge on any atom is -0.492 e. The molecule has 0 bridgehead atoms. The zero-order chi connectivity index (χ0) is 15.9. The largest absolute Gasteiger partial charge is 0.492 e. The summed E-state index contributed by atoms with van der Waals surface area (Å²) in [6.45, 7) is 4.12. The monoisotopic (exact) mass is 311 g/mol. The summed E-state index contributed by atoms with van der Waals surface area (Å²) >= 11 is 0. The minimum atomic E-state index is -0.585. The first-order valence-corrected chi connectivity index (χ1v) is 8.51. The number of likely N-dealkylation sites (tertiary alicyclic amines) is 1. The molecule has 3 nitrogen and oxygen atoms in total. The van der Waals surface area contributed by atoms with E-state index in [-0.39, 0.29) is 0 Å². The highest BCUT2D eigenvalue weighted by Crippen LogP contribution is 2.23. The number of nitrogens with zero attached hydrogens (tertiary/aromatic N) is 1. The van der Waals surface area contributed by atoms with Crippen LogP contribution in [0.5, 0.6) is 5.75 Å². The molecule has 1 aliphatic heterocycles. The number of aliphatic hydroxyl groups is 1. The van der Waals surface area contributed by atoms with E-state index in [1.807, 2.05) is 54.6 Å². The van der Waals surface area contributed by atoms with Crippen molar-refractivity contribution in [3.8, 4) is 5.75 Å². The first-order chi connectivity index (χ1) is 11.3. The predicted molar refractivity (Wildman–Crippen MR) is 92.7 cm³/mol. The molecule has 1 saturated heterocycles. The van der Waals surface area contributed by atoms with Gasteiger partial charge in [0.25, 0.3) is 0 Å². The maximum absolute atomic E-state index is 10.4. The van der Waals surface area contributed by atoms with Gasteiger partial charge >= 0.3 is 0 Å². The third-order valence-corrected chi connectivity index (χ3v) is 4.44. The second-order valence-electron chi connectivity index (χ2n) is 6.13. The second-order valence-corrected chi connectivity index (χ2v) is 6.13. The van der Waals surface area contributed by atoms with Gasteiger partial charge in [-0.15, -0.1) is 0 Å². The lowest BCUT2D eigenvalue weighted by Crippen LogP contribution is -2.33. The summed E-state index contributed by atoms with van der Waals surface area (Å²) in [6, 6.07) is 17.5. The Balaban J connectivity index is 1.50. The maximum atomic E-state index is 10.4. The molecule has 1 fully saturated rings. The number of piperidine rings is 1. The molecular formula is C20H25NO2. The van der Waals surface area contributed by atoms with Crippen molar-refractivity contribution in [3.63, 3.8) is 0 Å². The van der Waals surface area contributed by atoms with Crippen LogP contribution in [0.3, 0.4) is 0 Å². The average Bonchev–Trinajstić information content (AvgIpc) is 2.63. The number of hydrogen-bond donors (Lipinski definition) is 1. The molecule has 0 aromatic heterocycles. The summed E-state index contributed by atoms with van der Waals surface area (Å²) in [5, 5.41) is 10.4. The van der Waals surface area contributed by atoms with E-state index in [0.29, 0.717) is 0 Å². The lowest BCUT2D eigenvalue weighted by atomic mass is 10.0. The Kier molecular flexibility index (Phi) is 5.67. The first-order valence-electron chi connectivity index (χ1n) is 8.51. The van der Waals surface area contributed by atoms with Crippen LogP contribution in [-0.4, -0.2) is 36.2 Å². The fourth-order valence-electron chi connectivity index (χ4n) is 3.05. The molecule has 1 N–H and O–H groups in total. The molecule has 3 heteroatoms. The molecule has 0 aliphatic carbocycles. The van der Waals surface area contributed by atoms with Gasteiger partial charge in [-0.1, -0.05) is 48.9 Å². The van der Waals surface area contributed by atoms with Crippen LogP contribution >= 0.6 is 0 Å². The van der Waals surface area contributed by atoms with Crippen molar-refractivity contribution in [2.45, 2.75) is 25.4 Å². The molecule has 3 rings (SSSR count). The highest BCUT2D eigenvalue weighted by Gasteiger charge is 2.11. The van der Waals surface area contributed by atoms with Gasteiger partial charge in [-0.05, 0) is 49.2 Å². The Morgan fingerprint density at radius 3 is 2.22 bits per heavy atom. The number of benzene rings is 2. The summed E-state index contributed by atoms with van der Waals surface area (Å²) < 4.78 is 5.83. The summed E-state index contributed by atoms with van der Waals surface area (Å²) in [6.07, 6.45) is 3.40. The SMILES string of the molecule is OC(c1ccccc1)c1ccc(OCCN2CCCCC2)cc1. The zero-order valence-corrected chi connectivity index (χ0v) is 13.5. The molecule has 0 radical (unpaired) electrons. The Labute approximate surface area is 138 Å². The van der Waals surface area contributed by atoms with E-state index in [4.69, 9.17) is 4.74 Å². The molecule has 2 aromatic rings. The van der Waals surface area contributed by atoms with E-state index < -0.39 is 6.10 Å². The van der Waals surface area contributed by atoms with Crippen LogP contribution in [0.2, 0.25) is 0 Å².